The lowest BCUT2D eigenvalue weighted by molar-refractivity contribution is -0.271. The number of ether oxygens (including phenoxy) is 2. The third kappa shape index (κ3) is 2.91. The van der Waals surface area contributed by atoms with Gasteiger partial charge in [-0.1, -0.05) is 0 Å². The average molecular weight is 190 g/mol. The number of hydrogen-bond donors (Lipinski definition) is 2. The van der Waals surface area contributed by atoms with Crippen molar-refractivity contribution in [1.29, 1.82) is 0 Å². The second-order valence-electron chi connectivity index (χ2n) is 3.76. The average Bonchev–Trinajstić information content (AvgIpc) is 1.99. The summed E-state index contributed by atoms with van der Waals surface area (Å²) in [6.07, 6.45) is -1.86. The molecule has 1 aliphatic rings. The highest BCUT2D eigenvalue weighted by molar-refractivity contribution is 4.78. The van der Waals surface area contributed by atoms with E-state index in [2.05, 4.69) is 0 Å². The number of aliphatic hydroxyl groups is 2. The van der Waals surface area contributed by atoms with Crippen molar-refractivity contribution in [1.82, 2.24) is 0 Å². The van der Waals surface area contributed by atoms with Gasteiger partial charge in [-0.15, -0.1) is 0 Å². The van der Waals surface area contributed by atoms with Crippen molar-refractivity contribution in [3.05, 3.63) is 0 Å². The predicted molar refractivity (Wildman–Crippen MR) is 47.2 cm³/mol. The number of rotatable bonds is 2. The molecule has 1 rings (SSSR count). The molecule has 1 saturated heterocycles. The molecule has 0 aromatic heterocycles. The van der Waals surface area contributed by atoms with Gasteiger partial charge in [0.2, 0.25) is 0 Å². The number of aliphatic hydroxyl groups excluding tert-OH is 2. The smallest absolute Gasteiger partial charge is 0.184 e. The van der Waals surface area contributed by atoms with Gasteiger partial charge in [0.1, 0.15) is 6.10 Å². The van der Waals surface area contributed by atoms with Gasteiger partial charge in [-0.05, 0) is 20.8 Å². The molecule has 2 unspecified atom stereocenters. The quantitative estimate of drug-likeness (QED) is 0.656. The van der Waals surface area contributed by atoms with Crippen molar-refractivity contribution in [3.8, 4) is 0 Å². The van der Waals surface area contributed by atoms with E-state index in [0.29, 0.717) is 6.42 Å². The highest BCUT2D eigenvalue weighted by atomic mass is 16.7. The van der Waals surface area contributed by atoms with E-state index in [4.69, 9.17) is 9.47 Å². The van der Waals surface area contributed by atoms with Crippen LogP contribution in [0.5, 0.6) is 0 Å². The zero-order valence-corrected chi connectivity index (χ0v) is 8.30. The van der Waals surface area contributed by atoms with E-state index in [-0.39, 0.29) is 12.2 Å². The molecule has 0 spiro atoms. The lowest BCUT2D eigenvalue weighted by Crippen LogP contribution is -2.47. The molecular formula is C9H18O4. The Kier molecular flexibility index (Phi) is 3.67. The molecular weight excluding hydrogens is 172 g/mol. The summed E-state index contributed by atoms with van der Waals surface area (Å²) in [7, 11) is 0. The zero-order valence-electron chi connectivity index (χ0n) is 8.30. The van der Waals surface area contributed by atoms with Crippen LogP contribution in [0.4, 0.5) is 0 Å². The molecule has 1 fully saturated rings. The molecule has 0 aromatic carbocycles. The molecule has 4 nitrogen and oxygen atoms in total. The van der Waals surface area contributed by atoms with Crippen LogP contribution in [0.2, 0.25) is 0 Å². The molecule has 4 heteroatoms. The highest BCUT2D eigenvalue weighted by Gasteiger charge is 2.34. The van der Waals surface area contributed by atoms with Gasteiger partial charge in [-0.25, -0.2) is 0 Å². The fourth-order valence-corrected chi connectivity index (χ4v) is 1.33. The fraction of sp³-hybridized carbons (Fsp3) is 1.00. The third-order valence-corrected chi connectivity index (χ3v) is 2.09. The molecule has 0 aliphatic carbocycles. The van der Waals surface area contributed by atoms with Gasteiger partial charge in [0, 0.05) is 6.42 Å². The minimum absolute atomic E-state index is 0.0158. The summed E-state index contributed by atoms with van der Waals surface area (Å²) >= 11 is 0. The van der Waals surface area contributed by atoms with Gasteiger partial charge in [0.05, 0.1) is 18.3 Å². The fourth-order valence-electron chi connectivity index (χ4n) is 1.33. The molecule has 0 radical (unpaired) electrons. The summed E-state index contributed by atoms with van der Waals surface area (Å²) in [5.74, 6) is 0. The van der Waals surface area contributed by atoms with Gasteiger partial charge in [-0.3, -0.25) is 0 Å². The summed E-state index contributed by atoms with van der Waals surface area (Å²) < 4.78 is 10.6. The Morgan fingerprint density at radius 3 is 2.46 bits per heavy atom. The SMILES string of the molecule is CC(C)OC1OC(C)[C@H](O)C[C@@H]1O. The predicted octanol–water partition coefficient (Wildman–Crippen LogP) is 0.268. The van der Waals surface area contributed by atoms with Crippen LogP contribution in [0.15, 0.2) is 0 Å². The monoisotopic (exact) mass is 190 g/mol. The van der Waals surface area contributed by atoms with E-state index >= 15 is 0 Å². The third-order valence-electron chi connectivity index (χ3n) is 2.09. The van der Waals surface area contributed by atoms with Crippen LogP contribution in [0, 0.1) is 0 Å². The maximum absolute atomic E-state index is 9.50. The van der Waals surface area contributed by atoms with Gasteiger partial charge >= 0.3 is 0 Å². The first-order valence-electron chi connectivity index (χ1n) is 4.67. The van der Waals surface area contributed by atoms with Gasteiger partial charge in [0.15, 0.2) is 6.29 Å². The standard InChI is InChI=1S/C9H18O4/c1-5(2)12-9-8(11)4-7(10)6(3)13-9/h5-11H,4H2,1-3H3/t6?,7-,8+,9?/m1/s1. The summed E-state index contributed by atoms with van der Waals surface area (Å²) in [6.45, 7) is 5.53. The Bertz CT molecular complexity index is 160. The van der Waals surface area contributed by atoms with Crippen molar-refractivity contribution in [2.24, 2.45) is 0 Å². The van der Waals surface area contributed by atoms with Crippen LogP contribution in [0.1, 0.15) is 27.2 Å². The molecule has 0 saturated carbocycles. The minimum atomic E-state index is -0.728. The second kappa shape index (κ2) is 4.37. The van der Waals surface area contributed by atoms with Crippen molar-refractivity contribution in [2.75, 3.05) is 0 Å². The van der Waals surface area contributed by atoms with Crippen molar-refractivity contribution >= 4 is 0 Å². The molecule has 1 aliphatic heterocycles. The zero-order chi connectivity index (χ0) is 10.0. The molecule has 78 valence electrons. The van der Waals surface area contributed by atoms with Crippen LogP contribution in [0.25, 0.3) is 0 Å². The van der Waals surface area contributed by atoms with E-state index in [1.165, 1.54) is 0 Å². The Morgan fingerprint density at radius 2 is 1.92 bits per heavy atom. The van der Waals surface area contributed by atoms with Crippen LogP contribution in [-0.4, -0.2) is 40.9 Å². The summed E-state index contributed by atoms with van der Waals surface area (Å²) in [6, 6.07) is 0. The molecule has 1 heterocycles. The van der Waals surface area contributed by atoms with Gasteiger partial charge in [-0.2, -0.15) is 0 Å². The molecule has 4 atom stereocenters. The molecule has 0 bridgehead atoms. The highest BCUT2D eigenvalue weighted by Crippen LogP contribution is 2.21. The Balaban J connectivity index is 2.46. The lowest BCUT2D eigenvalue weighted by Gasteiger charge is -2.36. The van der Waals surface area contributed by atoms with Crippen molar-refractivity contribution < 1.29 is 19.7 Å². The van der Waals surface area contributed by atoms with E-state index in [1.807, 2.05) is 13.8 Å². The topological polar surface area (TPSA) is 58.9 Å². The Labute approximate surface area is 78.5 Å². The van der Waals surface area contributed by atoms with Crippen LogP contribution in [-0.2, 0) is 9.47 Å². The second-order valence-corrected chi connectivity index (χ2v) is 3.76. The number of hydrogen-bond acceptors (Lipinski definition) is 4. The first kappa shape index (κ1) is 10.9. The lowest BCUT2D eigenvalue weighted by atomic mass is 10.0. The van der Waals surface area contributed by atoms with Crippen LogP contribution < -0.4 is 0 Å². The normalized spacial score (nSPS) is 41.1. The molecule has 2 N–H and O–H groups in total. The minimum Gasteiger partial charge on any atom is -0.390 e. The van der Waals surface area contributed by atoms with Crippen molar-refractivity contribution in [2.45, 2.75) is 57.9 Å². The van der Waals surface area contributed by atoms with E-state index in [1.54, 1.807) is 6.92 Å². The molecule has 0 aromatic rings. The van der Waals surface area contributed by atoms with E-state index in [0.717, 1.165) is 0 Å². The summed E-state index contributed by atoms with van der Waals surface area (Å²) in [5.41, 5.74) is 0. The van der Waals surface area contributed by atoms with Gasteiger partial charge < -0.3 is 19.7 Å². The van der Waals surface area contributed by atoms with E-state index in [9.17, 15) is 10.2 Å². The summed E-state index contributed by atoms with van der Waals surface area (Å²) in [4.78, 5) is 0. The van der Waals surface area contributed by atoms with Gasteiger partial charge in [0.25, 0.3) is 0 Å². The maximum atomic E-state index is 9.50. The first-order chi connectivity index (χ1) is 6.00. The molecule has 0 amide bonds. The summed E-state index contributed by atoms with van der Waals surface area (Å²) in [5, 5.41) is 18.9. The maximum Gasteiger partial charge on any atom is 0.184 e. The largest absolute Gasteiger partial charge is 0.390 e. The van der Waals surface area contributed by atoms with Crippen molar-refractivity contribution in [3.63, 3.8) is 0 Å². The first-order valence-corrected chi connectivity index (χ1v) is 4.67. The Hall–Kier alpha value is -0.160. The molecule has 13 heavy (non-hydrogen) atoms. The van der Waals surface area contributed by atoms with Crippen LogP contribution >= 0.6 is 0 Å². The van der Waals surface area contributed by atoms with Crippen LogP contribution in [0.3, 0.4) is 0 Å². The van der Waals surface area contributed by atoms with E-state index < -0.39 is 18.5 Å². The Morgan fingerprint density at radius 1 is 1.31 bits per heavy atom.